The van der Waals surface area contributed by atoms with E-state index in [0.717, 1.165) is 11.3 Å². The molecule has 0 aliphatic rings. The highest BCUT2D eigenvalue weighted by Crippen LogP contribution is 2.27. The first kappa shape index (κ1) is 12.6. The topological polar surface area (TPSA) is 92.2 Å². The molecule has 1 aromatic rings. The van der Waals surface area contributed by atoms with Gasteiger partial charge in [-0.15, -0.1) is 10.2 Å². The number of amides is 1. The molecular formula is C9H13N3O3S. The molecule has 7 heteroatoms. The molecule has 0 aromatic carbocycles. The van der Waals surface area contributed by atoms with Crippen molar-refractivity contribution in [3.05, 3.63) is 5.51 Å². The monoisotopic (exact) mass is 243 g/mol. The third-order valence-corrected chi connectivity index (χ3v) is 2.57. The number of hydrogen-bond acceptors (Lipinski definition) is 5. The average Bonchev–Trinajstić information content (AvgIpc) is 2.52. The number of rotatable bonds is 3. The maximum absolute atomic E-state index is 11.7. The number of carboxylic acids is 1. The molecule has 16 heavy (non-hydrogen) atoms. The second-order valence-electron chi connectivity index (χ2n) is 4.37. The summed E-state index contributed by atoms with van der Waals surface area (Å²) in [6.45, 7) is 5.10. The van der Waals surface area contributed by atoms with Crippen LogP contribution in [0.2, 0.25) is 0 Å². The summed E-state index contributed by atoms with van der Waals surface area (Å²) in [7, 11) is 0. The highest BCUT2D eigenvalue weighted by atomic mass is 32.1. The van der Waals surface area contributed by atoms with E-state index in [1.165, 1.54) is 5.51 Å². The van der Waals surface area contributed by atoms with E-state index in [1.807, 2.05) is 0 Å². The zero-order valence-electron chi connectivity index (χ0n) is 9.22. The number of nitrogens with zero attached hydrogens (tertiary/aromatic N) is 2. The standard InChI is InChI=1S/C9H13N3O3S/c1-9(2,3)5(7(14)15)6(13)11-8-12-10-4-16-8/h4-5H,1-3H3,(H,14,15)(H,11,12,13). The average molecular weight is 243 g/mol. The lowest BCUT2D eigenvalue weighted by molar-refractivity contribution is -0.149. The van der Waals surface area contributed by atoms with Gasteiger partial charge in [0.15, 0.2) is 0 Å². The normalized spacial score (nSPS) is 13.2. The molecule has 6 nitrogen and oxygen atoms in total. The van der Waals surface area contributed by atoms with Crippen molar-refractivity contribution in [2.24, 2.45) is 11.3 Å². The fraction of sp³-hybridized carbons (Fsp3) is 0.556. The van der Waals surface area contributed by atoms with Gasteiger partial charge in [0.2, 0.25) is 11.0 Å². The summed E-state index contributed by atoms with van der Waals surface area (Å²) in [6.07, 6.45) is 0. The van der Waals surface area contributed by atoms with E-state index in [9.17, 15) is 9.59 Å². The SMILES string of the molecule is CC(C)(C)C(C(=O)O)C(=O)Nc1nncs1. The molecule has 0 radical (unpaired) electrons. The van der Waals surface area contributed by atoms with Gasteiger partial charge < -0.3 is 5.11 Å². The van der Waals surface area contributed by atoms with E-state index >= 15 is 0 Å². The molecule has 1 rings (SSSR count). The van der Waals surface area contributed by atoms with E-state index in [4.69, 9.17) is 5.11 Å². The van der Waals surface area contributed by atoms with Gasteiger partial charge in [0.1, 0.15) is 11.4 Å². The van der Waals surface area contributed by atoms with Crippen LogP contribution in [0.4, 0.5) is 5.13 Å². The zero-order valence-corrected chi connectivity index (χ0v) is 10.0. The first-order chi connectivity index (χ1) is 7.32. The lowest BCUT2D eigenvalue weighted by atomic mass is 9.80. The quantitative estimate of drug-likeness (QED) is 0.779. The zero-order chi connectivity index (χ0) is 12.3. The van der Waals surface area contributed by atoms with Crippen molar-refractivity contribution in [2.75, 3.05) is 5.32 Å². The Labute approximate surface area is 96.7 Å². The summed E-state index contributed by atoms with van der Waals surface area (Å²) in [4.78, 5) is 22.8. The minimum Gasteiger partial charge on any atom is -0.481 e. The Bertz CT molecular complexity index is 383. The molecule has 0 saturated carbocycles. The third-order valence-electron chi connectivity index (χ3n) is 1.97. The number of anilines is 1. The lowest BCUT2D eigenvalue weighted by Crippen LogP contribution is -2.39. The molecule has 0 bridgehead atoms. The number of carbonyl (C=O) groups is 2. The molecular weight excluding hydrogens is 230 g/mol. The van der Waals surface area contributed by atoms with Crippen LogP contribution in [-0.2, 0) is 9.59 Å². The largest absolute Gasteiger partial charge is 0.481 e. The van der Waals surface area contributed by atoms with Crippen LogP contribution in [0.15, 0.2) is 5.51 Å². The van der Waals surface area contributed by atoms with E-state index in [0.29, 0.717) is 5.13 Å². The van der Waals surface area contributed by atoms with Crippen LogP contribution in [0, 0.1) is 11.3 Å². The van der Waals surface area contributed by atoms with E-state index in [-0.39, 0.29) is 0 Å². The molecule has 0 aliphatic heterocycles. The summed E-state index contributed by atoms with van der Waals surface area (Å²) in [5.74, 6) is -2.83. The van der Waals surface area contributed by atoms with Gasteiger partial charge >= 0.3 is 5.97 Å². The maximum Gasteiger partial charge on any atom is 0.316 e. The van der Waals surface area contributed by atoms with Gasteiger partial charge in [-0.3, -0.25) is 14.9 Å². The van der Waals surface area contributed by atoms with Crippen LogP contribution in [0.3, 0.4) is 0 Å². The number of carboxylic acid groups (broad SMARTS) is 1. The molecule has 1 heterocycles. The molecule has 0 spiro atoms. The number of carbonyl (C=O) groups excluding carboxylic acids is 1. The lowest BCUT2D eigenvalue weighted by Gasteiger charge is -2.25. The van der Waals surface area contributed by atoms with E-state index < -0.39 is 23.2 Å². The fourth-order valence-corrected chi connectivity index (χ4v) is 1.73. The number of aromatic nitrogens is 2. The number of aliphatic carboxylic acids is 1. The van der Waals surface area contributed by atoms with Gasteiger partial charge in [0.05, 0.1) is 0 Å². The van der Waals surface area contributed by atoms with E-state index in [2.05, 4.69) is 15.5 Å². The van der Waals surface area contributed by atoms with Crippen molar-refractivity contribution in [3.8, 4) is 0 Å². The van der Waals surface area contributed by atoms with Gasteiger partial charge in [-0.1, -0.05) is 32.1 Å². The Morgan fingerprint density at radius 2 is 2.12 bits per heavy atom. The van der Waals surface area contributed by atoms with Gasteiger partial charge in [-0.2, -0.15) is 0 Å². The summed E-state index contributed by atoms with van der Waals surface area (Å²) >= 11 is 1.14. The van der Waals surface area contributed by atoms with Crippen LogP contribution >= 0.6 is 11.3 Å². The third kappa shape index (κ3) is 2.99. The molecule has 2 N–H and O–H groups in total. The highest BCUT2D eigenvalue weighted by molar-refractivity contribution is 7.13. The predicted molar refractivity (Wildman–Crippen MR) is 59.1 cm³/mol. The summed E-state index contributed by atoms with van der Waals surface area (Å²) in [6, 6.07) is 0. The number of nitrogens with one attached hydrogen (secondary N) is 1. The van der Waals surface area contributed by atoms with Crippen LogP contribution in [0.25, 0.3) is 0 Å². The van der Waals surface area contributed by atoms with Crippen LogP contribution in [-0.4, -0.2) is 27.2 Å². The van der Waals surface area contributed by atoms with Crippen LogP contribution < -0.4 is 5.32 Å². The second-order valence-corrected chi connectivity index (χ2v) is 5.20. The Kier molecular flexibility index (Phi) is 3.58. The minimum absolute atomic E-state index is 0.306. The van der Waals surface area contributed by atoms with Crippen molar-refractivity contribution in [2.45, 2.75) is 20.8 Å². The fourth-order valence-electron chi connectivity index (χ4n) is 1.28. The molecule has 1 amide bonds. The van der Waals surface area contributed by atoms with Crippen LogP contribution in [0.5, 0.6) is 0 Å². The number of hydrogen-bond donors (Lipinski definition) is 2. The predicted octanol–water partition coefficient (Wildman–Crippen LogP) is 1.22. The molecule has 0 aliphatic carbocycles. The second kappa shape index (κ2) is 4.56. The summed E-state index contributed by atoms with van der Waals surface area (Å²) in [5.41, 5.74) is 0.809. The van der Waals surface area contributed by atoms with Crippen molar-refractivity contribution in [1.29, 1.82) is 0 Å². The maximum atomic E-state index is 11.7. The molecule has 0 fully saturated rings. The summed E-state index contributed by atoms with van der Waals surface area (Å²) < 4.78 is 0. The van der Waals surface area contributed by atoms with Crippen molar-refractivity contribution >= 4 is 28.3 Å². The van der Waals surface area contributed by atoms with Gasteiger partial charge in [0.25, 0.3) is 0 Å². The highest BCUT2D eigenvalue weighted by Gasteiger charge is 2.37. The Morgan fingerprint density at radius 1 is 1.50 bits per heavy atom. The van der Waals surface area contributed by atoms with E-state index in [1.54, 1.807) is 20.8 Å². The van der Waals surface area contributed by atoms with Crippen molar-refractivity contribution in [3.63, 3.8) is 0 Å². The molecule has 0 saturated heterocycles. The molecule has 1 atom stereocenters. The smallest absolute Gasteiger partial charge is 0.316 e. The minimum atomic E-state index is -1.14. The molecule has 1 unspecified atom stereocenters. The van der Waals surface area contributed by atoms with Crippen molar-refractivity contribution in [1.82, 2.24) is 10.2 Å². The Hall–Kier alpha value is -1.50. The molecule has 88 valence electrons. The first-order valence-electron chi connectivity index (χ1n) is 4.62. The molecule has 1 aromatic heterocycles. The Morgan fingerprint density at radius 3 is 2.50 bits per heavy atom. The first-order valence-corrected chi connectivity index (χ1v) is 5.50. The Balaban J connectivity index is 2.81. The van der Waals surface area contributed by atoms with Crippen molar-refractivity contribution < 1.29 is 14.7 Å². The van der Waals surface area contributed by atoms with Gasteiger partial charge in [0, 0.05) is 0 Å². The van der Waals surface area contributed by atoms with Gasteiger partial charge in [-0.25, -0.2) is 0 Å². The van der Waals surface area contributed by atoms with Crippen LogP contribution in [0.1, 0.15) is 20.8 Å². The summed E-state index contributed by atoms with van der Waals surface area (Å²) in [5, 5.41) is 18.9. The van der Waals surface area contributed by atoms with Gasteiger partial charge in [-0.05, 0) is 5.41 Å².